The Bertz CT molecular complexity index is 138. The summed E-state index contributed by atoms with van der Waals surface area (Å²) in [4.78, 5) is 9.82. The lowest BCUT2D eigenvalue weighted by Gasteiger charge is -2.16. The highest BCUT2D eigenvalue weighted by Gasteiger charge is 2.42. The van der Waals surface area contributed by atoms with Crippen molar-refractivity contribution in [2.24, 2.45) is 5.73 Å². The average molecular weight is 155 g/mol. The zero-order valence-electron chi connectivity index (χ0n) is 5.17. The van der Waals surface area contributed by atoms with E-state index in [9.17, 15) is 13.6 Å². The largest absolute Gasteiger partial charge is 0.480 e. The molecule has 0 aliphatic rings. The van der Waals surface area contributed by atoms with E-state index in [-0.39, 0.29) is 0 Å². The molecular formula is C4H7F2NO3. The minimum Gasteiger partial charge on any atom is -0.480 e. The molecule has 6 heteroatoms. The van der Waals surface area contributed by atoms with Crippen molar-refractivity contribution in [3.8, 4) is 0 Å². The highest BCUT2D eigenvalue weighted by atomic mass is 19.3. The molecule has 0 aromatic heterocycles. The number of carboxylic acid groups (broad SMARTS) is 1. The molecular weight excluding hydrogens is 148 g/mol. The van der Waals surface area contributed by atoms with Crippen molar-refractivity contribution in [2.45, 2.75) is 12.2 Å². The molecule has 0 unspecified atom stereocenters. The molecule has 3 N–H and O–H groups in total. The van der Waals surface area contributed by atoms with Crippen LogP contribution in [0, 0.1) is 0 Å². The number of alkyl halides is 2. The van der Waals surface area contributed by atoms with Gasteiger partial charge in [0.25, 0.3) is 0 Å². The van der Waals surface area contributed by atoms with Crippen molar-refractivity contribution in [3.05, 3.63) is 0 Å². The fourth-order valence-electron chi connectivity index (χ4n) is 0.271. The molecule has 60 valence electrons. The first kappa shape index (κ1) is 9.25. The van der Waals surface area contributed by atoms with Gasteiger partial charge < -0.3 is 15.6 Å². The Kier molecular flexibility index (Phi) is 2.67. The van der Waals surface area contributed by atoms with Gasteiger partial charge in [0, 0.05) is 7.11 Å². The number of hydrogen-bond acceptors (Lipinski definition) is 3. The summed E-state index contributed by atoms with van der Waals surface area (Å²) in [5.74, 6) is -1.80. The van der Waals surface area contributed by atoms with Gasteiger partial charge in [-0.15, -0.1) is 0 Å². The van der Waals surface area contributed by atoms with Gasteiger partial charge >= 0.3 is 12.1 Å². The van der Waals surface area contributed by atoms with Gasteiger partial charge in [0.2, 0.25) is 0 Å². The molecule has 0 bridgehead atoms. The summed E-state index contributed by atoms with van der Waals surface area (Å²) in [6.45, 7) is 0. The number of carbonyl (C=O) groups is 1. The Morgan fingerprint density at radius 1 is 1.80 bits per heavy atom. The molecule has 0 heterocycles. The van der Waals surface area contributed by atoms with Crippen molar-refractivity contribution < 1.29 is 23.4 Å². The van der Waals surface area contributed by atoms with Crippen molar-refractivity contribution in [1.82, 2.24) is 0 Å². The Labute approximate surface area is 55.6 Å². The first-order valence-electron chi connectivity index (χ1n) is 2.33. The zero-order chi connectivity index (χ0) is 8.36. The van der Waals surface area contributed by atoms with Crippen LogP contribution in [0.25, 0.3) is 0 Å². The van der Waals surface area contributed by atoms with E-state index in [1.807, 2.05) is 0 Å². The molecule has 0 radical (unpaired) electrons. The average Bonchev–Trinajstić information content (AvgIpc) is 1.86. The van der Waals surface area contributed by atoms with Crippen LogP contribution in [-0.4, -0.2) is 30.3 Å². The van der Waals surface area contributed by atoms with Gasteiger partial charge in [0.1, 0.15) is 0 Å². The molecule has 0 saturated carbocycles. The molecule has 0 fully saturated rings. The van der Waals surface area contributed by atoms with Crippen LogP contribution in [0.5, 0.6) is 0 Å². The van der Waals surface area contributed by atoms with Crippen molar-refractivity contribution >= 4 is 5.97 Å². The van der Waals surface area contributed by atoms with E-state index >= 15 is 0 Å². The molecule has 10 heavy (non-hydrogen) atoms. The summed E-state index contributed by atoms with van der Waals surface area (Å²) in [7, 11) is 0.683. The highest BCUT2D eigenvalue weighted by molar-refractivity contribution is 5.74. The Morgan fingerprint density at radius 2 is 2.20 bits per heavy atom. The van der Waals surface area contributed by atoms with Crippen LogP contribution in [-0.2, 0) is 9.53 Å². The number of nitrogens with two attached hydrogens (primary N) is 1. The van der Waals surface area contributed by atoms with Crippen molar-refractivity contribution in [2.75, 3.05) is 7.11 Å². The smallest absolute Gasteiger partial charge is 0.381 e. The third kappa shape index (κ3) is 1.89. The van der Waals surface area contributed by atoms with Crippen LogP contribution in [0.15, 0.2) is 0 Å². The predicted octanol–water partition coefficient (Wildman–Crippen LogP) is -0.362. The molecule has 0 spiro atoms. The number of carboxylic acids is 1. The summed E-state index contributed by atoms with van der Waals surface area (Å²) >= 11 is 0. The van der Waals surface area contributed by atoms with Gasteiger partial charge in [0.15, 0.2) is 6.04 Å². The van der Waals surface area contributed by atoms with Gasteiger partial charge in [-0.2, -0.15) is 8.78 Å². The van der Waals surface area contributed by atoms with E-state index in [1.165, 1.54) is 0 Å². The minimum atomic E-state index is -3.80. The molecule has 0 saturated heterocycles. The predicted molar refractivity (Wildman–Crippen MR) is 27.6 cm³/mol. The fraction of sp³-hybridized carbons (Fsp3) is 0.750. The third-order valence-electron chi connectivity index (χ3n) is 0.900. The van der Waals surface area contributed by atoms with Crippen molar-refractivity contribution in [3.63, 3.8) is 0 Å². The molecule has 0 aliphatic heterocycles. The van der Waals surface area contributed by atoms with E-state index in [1.54, 1.807) is 0 Å². The van der Waals surface area contributed by atoms with Crippen LogP contribution in [0.2, 0.25) is 0 Å². The fourth-order valence-corrected chi connectivity index (χ4v) is 0.271. The number of ether oxygens (including phenoxy) is 1. The quantitative estimate of drug-likeness (QED) is 0.583. The van der Waals surface area contributed by atoms with Crippen LogP contribution >= 0.6 is 0 Å². The summed E-state index contributed by atoms with van der Waals surface area (Å²) in [6, 6.07) is -2.31. The summed E-state index contributed by atoms with van der Waals surface area (Å²) in [5.41, 5.74) is 4.53. The maximum Gasteiger partial charge on any atom is 0.381 e. The lowest BCUT2D eigenvalue weighted by atomic mass is 10.3. The third-order valence-corrected chi connectivity index (χ3v) is 0.900. The van der Waals surface area contributed by atoms with Crippen LogP contribution in [0.1, 0.15) is 0 Å². The van der Waals surface area contributed by atoms with Crippen LogP contribution in [0.3, 0.4) is 0 Å². The maximum atomic E-state index is 12.1. The second-order valence-corrected chi connectivity index (χ2v) is 1.58. The SMILES string of the molecule is COC(F)(F)[C@@H](N)C(=O)O. The van der Waals surface area contributed by atoms with E-state index < -0.39 is 18.1 Å². The first-order chi connectivity index (χ1) is 4.41. The van der Waals surface area contributed by atoms with Gasteiger partial charge in [0.05, 0.1) is 0 Å². The van der Waals surface area contributed by atoms with E-state index in [0.29, 0.717) is 7.11 Å². The normalized spacial score (nSPS) is 14.8. The van der Waals surface area contributed by atoms with E-state index in [4.69, 9.17) is 5.11 Å². The highest BCUT2D eigenvalue weighted by Crippen LogP contribution is 2.17. The minimum absolute atomic E-state index is 0.683. The summed E-state index contributed by atoms with van der Waals surface area (Å²) in [5, 5.41) is 7.96. The van der Waals surface area contributed by atoms with Gasteiger partial charge in [-0.05, 0) is 0 Å². The molecule has 0 aromatic rings. The second-order valence-electron chi connectivity index (χ2n) is 1.58. The van der Waals surface area contributed by atoms with Crippen LogP contribution in [0.4, 0.5) is 8.78 Å². The lowest BCUT2D eigenvalue weighted by Crippen LogP contribution is -2.48. The number of methoxy groups -OCH3 is 1. The molecule has 0 aliphatic carbocycles. The van der Waals surface area contributed by atoms with Crippen LogP contribution < -0.4 is 5.73 Å². The van der Waals surface area contributed by atoms with Gasteiger partial charge in [-0.3, -0.25) is 4.79 Å². The Hall–Kier alpha value is -0.750. The number of hydrogen-bond donors (Lipinski definition) is 2. The van der Waals surface area contributed by atoms with Gasteiger partial charge in [-0.1, -0.05) is 0 Å². The van der Waals surface area contributed by atoms with Gasteiger partial charge in [-0.25, -0.2) is 0 Å². The number of aliphatic carboxylic acids is 1. The zero-order valence-corrected chi connectivity index (χ0v) is 5.17. The van der Waals surface area contributed by atoms with Crippen molar-refractivity contribution in [1.29, 1.82) is 0 Å². The monoisotopic (exact) mass is 155 g/mol. The summed E-state index contributed by atoms with van der Waals surface area (Å²) in [6.07, 6.45) is -3.80. The summed E-state index contributed by atoms with van der Waals surface area (Å²) < 4.78 is 27.7. The Balaban J connectivity index is 4.17. The number of rotatable bonds is 3. The molecule has 0 aromatic carbocycles. The molecule has 0 rings (SSSR count). The molecule has 0 amide bonds. The maximum absolute atomic E-state index is 12.1. The van der Waals surface area contributed by atoms with E-state index in [0.717, 1.165) is 0 Å². The first-order valence-corrected chi connectivity index (χ1v) is 2.33. The Morgan fingerprint density at radius 3 is 2.30 bits per heavy atom. The number of halogens is 2. The standard InChI is InChI=1S/C4H7F2NO3/c1-10-4(5,6)2(7)3(8)9/h2H,7H2,1H3,(H,8,9)/t2-/m0/s1. The topological polar surface area (TPSA) is 72.5 Å². The molecule has 4 nitrogen and oxygen atoms in total. The van der Waals surface area contributed by atoms with E-state index in [2.05, 4.69) is 10.5 Å². The molecule has 1 atom stereocenters. The lowest BCUT2D eigenvalue weighted by molar-refractivity contribution is -0.236. The second kappa shape index (κ2) is 2.89.